The number of hydrogen-bond donors (Lipinski definition) is 33. The Morgan fingerprint density at radius 1 is 0.129 bits per heavy atom. The zero-order valence-electron chi connectivity index (χ0n) is 76.3. The van der Waals surface area contributed by atoms with Crippen molar-refractivity contribution in [3.05, 3.63) is 0 Å². The van der Waals surface area contributed by atoms with E-state index < -0.39 is 199 Å². The summed E-state index contributed by atoms with van der Waals surface area (Å²) in [5.41, 5.74) is 59.6. The minimum Gasteiger partial charge on any atom is -0.480 e. The Balaban J connectivity index is 0.000000726. The van der Waals surface area contributed by atoms with E-state index in [4.69, 9.17) is 119 Å². The maximum absolute atomic E-state index is 10.5. The van der Waals surface area contributed by atoms with E-state index in [1.165, 1.54) is 0 Å². The number of aliphatic hydroxyl groups is 11. The van der Waals surface area contributed by atoms with E-state index in [2.05, 4.69) is 0 Å². The lowest BCUT2D eigenvalue weighted by Crippen LogP contribution is -2.45. The van der Waals surface area contributed by atoms with E-state index in [1.54, 1.807) is 0 Å². The molecule has 0 aliphatic heterocycles. The number of carbonyl (C=O) groups is 11. The summed E-state index contributed by atoms with van der Waals surface area (Å²) in [6.07, 6.45) is 31.3. The second kappa shape index (κ2) is 65.9. The summed E-state index contributed by atoms with van der Waals surface area (Å²) in [5, 5.41) is 199. The van der Waals surface area contributed by atoms with E-state index in [9.17, 15) is 109 Å². The van der Waals surface area contributed by atoms with Crippen LogP contribution in [0.4, 0.5) is 0 Å². The SMILES string of the molecule is NC(C(=O)O)C1CCCCC1O.N[C@@H](C(=O)O)C1CCCCC1O.N[C@@H](C(=O)O)[C@@H]1CCCC[C@@H]1O.N[C@@H](C(=O)O)[C@@H]1CCCC[C@H]1O.N[C@@H](C(=O)O)[C@H]1CCCC[C@H]1O.N[C@@H](C(=O)O)[C@H]1CCCC[C@H]1O.N[C@H](C(=O)O)C1CCCCC1O.N[C@H](C(=O)O)[C@@H]1CCCC[C@@H]1O.N[C@H](C(=O)O)[C@@H]1CCCC[C@H]1O.N[C@H](C(=O)O)[C@H]1CCCC[C@@H]1O.N[C@H](C(=O)O)[C@H]1CCCC[C@H]1O. The van der Waals surface area contributed by atoms with Crippen LogP contribution in [0.3, 0.4) is 0 Å². The summed E-state index contributed by atoms with van der Waals surface area (Å²) in [4.78, 5) is 116. The van der Waals surface area contributed by atoms with Crippen molar-refractivity contribution < 1.29 is 165 Å². The molecular weight excluding hydrogens is 1740 g/mol. The van der Waals surface area contributed by atoms with Crippen molar-refractivity contribution in [2.75, 3.05) is 0 Å². The fourth-order valence-corrected chi connectivity index (χ4v) is 19.2. The lowest BCUT2D eigenvalue weighted by atomic mass is 9.82. The minimum absolute atomic E-state index is 0.253. The number of rotatable bonds is 22. The highest BCUT2D eigenvalue weighted by Gasteiger charge is 2.41. The van der Waals surface area contributed by atoms with Crippen molar-refractivity contribution in [1.29, 1.82) is 0 Å². The molecule has 33 atom stereocenters. The molecule has 770 valence electrons. The maximum Gasteiger partial charge on any atom is 0.320 e. The molecule has 11 saturated carbocycles. The van der Waals surface area contributed by atoms with Gasteiger partial charge in [-0.05, 0) is 141 Å². The van der Waals surface area contributed by atoms with Gasteiger partial charge in [0.2, 0.25) is 0 Å². The summed E-state index contributed by atoms with van der Waals surface area (Å²) in [7, 11) is 0. The standard InChI is InChI=1S/11C8H15NO3/c11*9-7(8(11)12)5-3-1-2-4-6(5)10/h11*5-7,10H,1-4,9H2,(H,11,12)/t2*5?,6?,7-;3*5-,6+,7+;2*5-,6+,7-;5-,6-,7+;2*5-,6-,7-;/m1010010110./s1. The fourth-order valence-electron chi connectivity index (χ4n) is 19.2. The van der Waals surface area contributed by atoms with Crippen LogP contribution < -0.4 is 63.1 Å². The molecule has 7 unspecified atom stereocenters. The van der Waals surface area contributed by atoms with Crippen LogP contribution in [0.2, 0.25) is 0 Å². The molecule has 0 radical (unpaired) electrons. The zero-order valence-corrected chi connectivity index (χ0v) is 76.3. The third-order valence-electron chi connectivity index (χ3n) is 27.8. The van der Waals surface area contributed by atoms with Crippen molar-refractivity contribution in [1.82, 2.24) is 0 Å². The lowest BCUT2D eigenvalue weighted by Gasteiger charge is -2.29. The van der Waals surface area contributed by atoms with Crippen LogP contribution in [0.25, 0.3) is 0 Å². The second-order valence-electron chi connectivity index (χ2n) is 37.2. The van der Waals surface area contributed by atoms with Gasteiger partial charge in [0, 0.05) is 65.1 Å². The molecule has 44 nitrogen and oxygen atoms in total. The Bertz CT molecular complexity index is 2610. The third-order valence-corrected chi connectivity index (χ3v) is 27.8. The molecule has 0 heterocycles. The quantitative estimate of drug-likeness (QED) is 0.0646. The van der Waals surface area contributed by atoms with Crippen molar-refractivity contribution in [2.24, 2.45) is 128 Å². The number of hydrogen-bond acceptors (Lipinski definition) is 33. The molecule has 0 saturated heterocycles. The lowest BCUT2D eigenvalue weighted by molar-refractivity contribution is -0.142. The van der Waals surface area contributed by atoms with E-state index in [0.29, 0.717) is 70.6 Å². The highest BCUT2D eigenvalue weighted by molar-refractivity contribution is 5.77. The molecule has 11 rings (SSSR count). The summed E-state index contributed by atoms with van der Waals surface area (Å²) < 4.78 is 0. The largest absolute Gasteiger partial charge is 0.480 e. The summed E-state index contributed by atoms with van der Waals surface area (Å²) in [6, 6.07) is -9.93. The topological polar surface area (TPSA) is 919 Å². The van der Waals surface area contributed by atoms with Crippen LogP contribution in [0.15, 0.2) is 0 Å². The molecule has 11 aliphatic carbocycles. The van der Waals surface area contributed by atoms with Crippen molar-refractivity contribution in [3.63, 3.8) is 0 Å². The van der Waals surface area contributed by atoms with Gasteiger partial charge in [-0.3, -0.25) is 52.7 Å². The van der Waals surface area contributed by atoms with Gasteiger partial charge >= 0.3 is 65.7 Å². The van der Waals surface area contributed by atoms with E-state index >= 15 is 0 Å². The average molecular weight is 1910 g/mol. The molecule has 0 spiro atoms. The summed E-state index contributed by atoms with van der Waals surface area (Å²) in [5.74, 6) is -13.9. The Labute approximate surface area is 771 Å². The number of carboxylic acid groups (broad SMARTS) is 11. The molecule has 0 aromatic rings. The van der Waals surface area contributed by atoms with Crippen LogP contribution >= 0.6 is 0 Å². The first-order valence-corrected chi connectivity index (χ1v) is 47.2. The summed E-state index contributed by atoms with van der Waals surface area (Å²) >= 11 is 0. The molecular formula is C88H165N11O33. The second-order valence-corrected chi connectivity index (χ2v) is 37.2. The fraction of sp³-hybridized carbons (Fsp3) is 0.875. The first-order valence-electron chi connectivity index (χ1n) is 47.2. The first kappa shape index (κ1) is 123. The smallest absolute Gasteiger partial charge is 0.320 e. The Morgan fingerprint density at radius 2 is 0.182 bits per heavy atom. The molecule has 0 aromatic heterocycles. The molecule has 132 heavy (non-hydrogen) atoms. The first-order chi connectivity index (χ1) is 61.9. The average Bonchev–Trinajstić information content (AvgIpc) is 0.946. The van der Waals surface area contributed by atoms with Crippen molar-refractivity contribution in [2.45, 2.75) is 416 Å². The minimum atomic E-state index is -1.01. The van der Waals surface area contributed by atoms with Gasteiger partial charge in [-0.15, -0.1) is 0 Å². The third kappa shape index (κ3) is 45.1. The molecule has 0 amide bonds. The van der Waals surface area contributed by atoms with Crippen LogP contribution in [0.5, 0.6) is 0 Å². The molecule has 0 bridgehead atoms. The van der Waals surface area contributed by atoms with Gasteiger partial charge in [0.25, 0.3) is 0 Å². The monoisotopic (exact) mass is 1900 g/mol. The number of aliphatic hydroxyl groups excluding tert-OH is 11. The Morgan fingerprint density at radius 3 is 0.227 bits per heavy atom. The van der Waals surface area contributed by atoms with Gasteiger partial charge in [0.1, 0.15) is 66.5 Å². The number of nitrogens with two attached hydrogens (primary N) is 11. The van der Waals surface area contributed by atoms with Gasteiger partial charge in [-0.1, -0.05) is 141 Å². The van der Waals surface area contributed by atoms with Gasteiger partial charge in [-0.2, -0.15) is 0 Å². The molecule has 0 aromatic carbocycles. The van der Waals surface area contributed by atoms with Gasteiger partial charge in [-0.25, -0.2) is 0 Å². The number of carboxylic acids is 11. The number of aliphatic carboxylic acids is 11. The molecule has 11 fully saturated rings. The van der Waals surface area contributed by atoms with E-state index in [1.807, 2.05) is 0 Å². The predicted molar refractivity (Wildman–Crippen MR) is 479 cm³/mol. The Hall–Kier alpha value is -6.71. The van der Waals surface area contributed by atoms with Crippen molar-refractivity contribution >= 4 is 65.7 Å². The van der Waals surface area contributed by atoms with Gasteiger partial charge in [0.05, 0.1) is 67.1 Å². The maximum atomic E-state index is 10.5. The van der Waals surface area contributed by atoms with E-state index in [0.717, 1.165) is 212 Å². The molecule has 44 N–H and O–H groups in total. The van der Waals surface area contributed by atoms with E-state index in [-0.39, 0.29) is 65.1 Å². The van der Waals surface area contributed by atoms with Crippen LogP contribution in [0.1, 0.15) is 283 Å². The highest BCUT2D eigenvalue weighted by Crippen LogP contribution is 2.35. The van der Waals surface area contributed by atoms with Gasteiger partial charge in [0.15, 0.2) is 0 Å². The predicted octanol–water partition coefficient (Wildman–Crippen LogP) is -0.557. The van der Waals surface area contributed by atoms with Crippen molar-refractivity contribution in [3.8, 4) is 0 Å². The highest BCUT2D eigenvalue weighted by atomic mass is 16.4. The van der Waals surface area contributed by atoms with Crippen LogP contribution in [-0.2, 0) is 52.7 Å². The normalized spacial score (nSPS) is 32.8. The van der Waals surface area contributed by atoms with Gasteiger partial charge < -0.3 is 175 Å². The summed E-state index contributed by atoms with van der Waals surface area (Å²) in [6.45, 7) is 0. The molecule has 11 aliphatic rings. The molecule has 44 heteroatoms. The van der Waals surface area contributed by atoms with Crippen LogP contribution in [0, 0.1) is 65.1 Å². The zero-order chi connectivity index (χ0) is 101. The Kier molecular flexibility index (Phi) is 61.6. The van der Waals surface area contributed by atoms with Crippen LogP contribution in [-0.4, -0.2) is 312 Å².